The number of benzene rings is 1. The second-order valence-corrected chi connectivity index (χ2v) is 4.59. The van der Waals surface area contributed by atoms with Crippen molar-refractivity contribution < 1.29 is 9.13 Å². The number of nitrogens with zero attached hydrogens (tertiary/aromatic N) is 1. The van der Waals surface area contributed by atoms with Gasteiger partial charge in [-0.25, -0.2) is 4.39 Å². The van der Waals surface area contributed by atoms with E-state index >= 15 is 0 Å². The number of rotatable bonds is 3. The minimum absolute atomic E-state index is 0.0607. The zero-order chi connectivity index (χ0) is 12.3. The Morgan fingerprint density at radius 2 is 2.18 bits per heavy atom. The lowest BCUT2D eigenvalue weighted by Crippen LogP contribution is -2.48. The molecule has 0 amide bonds. The van der Waals surface area contributed by atoms with Gasteiger partial charge < -0.3 is 10.5 Å². The SMILES string of the molecule is CC1CN(Cc2ccccc2F)CC(CN)O1. The Labute approximate surface area is 101 Å². The van der Waals surface area contributed by atoms with Crippen molar-refractivity contribution in [2.24, 2.45) is 5.73 Å². The van der Waals surface area contributed by atoms with Crippen molar-refractivity contribution in [1.82, 2.24) is 4.90 Å². The zero-order valence-corrected chi connectivity index (χ0v) is 10.1. The highest BCUT2D eigenvalue weighted by Crippen LogP contribution is 2.15. The summed E-state index contributed by atoms with van der Waals surface area (Å²) in [5.41, 5.74) is 6.36. The van der Waals surface area contributed by atoms with Crippen LogP contribution in [0, 0.1) is 5.82 Å². The number of nitrogens with two attached hydrogens (primary N) is 1. The van der Waals surface area contributed by atoms with Gasteiger partial charge in [0.15, 0.2) is 0 Å². The van der Waals surface area contributed by atoms with Crippen LogP contribution in [0.25, 0.3) is 0 Å². The van der Waals surface area contributed by atoms with Crippen LogP contribution in [0.15, 0.2) is 24.3 Å². The summed E-state index contributed by atoms with van der Waals surface area (Å²) in [6, 6.07) is 6.90. The Bertz CT molecular complexity index is 372. The van der Waals surface area contributed by atoms with Gasteiger partial charge in [-0.1, -0.05) is 18.2 Å². The molecule has 2 atom stereocenters. The minimum atomic E-state index is -0.143. The predicted molar refractivity (Wildman–Crippen MR) is 65.1 cm³/mol. The second kappa shape index (κ2) is 5.58. The molecule has 0 spiro atoms. The molecule has 1 aromatic rings. The van der Waals surface area contributed by atoms with E-state index < -0.39 is 0 Å². The fourth-order valence-corrected chi connectivity index (χ4v) is 2.27. The van der Waals surface area contributed by atoms with Crippen molar-refractivity contribution in [1.29, 1.82) is 0 Å². The summed E-state index contributed by atoms with van der Waals surface area (Å²) >= 11 is 0. The Hall–Kier alpha value is -0.970. The fraction of sp³-hybridized carbons (Fsp3) is 0.538. The summed E-state index contributed by atoms with van der Waals surface area (Å²) in [7, 11) is 0. The van der Waals surface area contributed by atoms with Crippen LogP contribution in [0.4, 0.5) is 4.39 Å². The molecule has 0 aromatic heterocycles. The summed E-state index contributed by atoms with van der Waals surface area (Å²) in [6.45, 7) is 4.76. The number of ether oxygens (including phenoxy) is 1. The molecular formula is C13H19FN2O. The Morgan fingerprint density at radius 1 is 1.41 bits per heavy atom. The van der Waals surface area contributed by atoms with Crippen LogP contribution in [0.3, 0.4) is 0 Å². The molecule has 2 unspecified atom stereocenters. The molecule has 4 heteroatoms. The summed E-state index contributed by atoms with van der Waals surface area (Å²) < 4.78 is 19.2. The first-order valence-corrected chi connectivity index (χ1v) is 6.00. The van der Waals surface area contributed by atoms with E-state index in [4.69, 9.17) is 10.5 Å². The lowest BCUT2D eigenvalue weighted by Gasteiger charge is -2.36. The van der Waals surface area contributed by atoms with E-state index in [-0.39, 0.29) is 18.0 Å². The van der Waals surface area contributed by atoms with E-state index in [2.05, 4.69) is 4.90 Å². The van der Waals surface area contributed by atoms with Gasteiger partial charge in [0, 0.05) is 31.7 Å². The molecule has 1 fully saturated rings. The highest BCUT2D eigenvalue weighted by Gasteiger charge is 2.24. The monoisotopic (exact) mass is 238 g/mol. The highest BCUT2D eigenvalue weighted by molar-refractivity contribution is 5.17. The molecule has 2 rings (SSSR count). The molecule has 0 bridgehead atoms. The van der Waals surface area contributed by atoms with Gasteiger partial charge in [0.1, 0.15) is 5.82 Å². The lowest BCUT2D eigenvalue weighted by molar-refractivity contribution is -0.0747. The first-order chi connectivity index (χ1) is 8.19. The number of morpholine rings is 1. The van der Waals surface area contributed by atoms with Gasteiger partial charge >= 0.3 is 0 Å². The molecule has 94 valence electrons. The van der Waals surface area contributed by atoms with Gasteiger partial charge in [-0.05, 0) is 13.0 Å². The smallest absolute Gasteiger partial charge is 0.127 e. The van der Waals surface area contributed by atoms with Crippen LogP contribution < -0.4 is 5.73 Å². The maximum atomic E-state index is 13.5. The third kappa shape index (κ3) is 3.25. The van der Waals surface area contributed by atoms with Crippen molar-refractivity contribution in [3.05, 3.63) is 35.6 Å². The summed E-state index contributed by atoms with van der Waals surface area (Å²) in [5.74, 6) is -0.143. The molecule has 1 aromatic carbocycles. The number of hydrogen-bond acceptors (Lipinski definition) is 3. The minimum Gasteiger partial charge on any atom is -0.371 e. The van der Waals surface area contributed by atoms with Gasteiger partial charge in [-0.2, -0.15) is 0 Å². The molecule has 1 aliphatic heterocycles. The van der Waals surface area contributed by atoms with Gasteiger partial charge in [0.05, 0.1) is 12.2 Å². The van der Waals surface area contributed by atoms with E-state index in [1.807, 2.05) is 19.1 Å². The van der Waals surface area contributed by atoms with E-state index in [1.165, 1.54) is 6.07 Å². The molecular weight excluding hydrogens is 219 g/mol. The summed E-state index contributed by atoms with van der Waals surface area (Å²) in [4.78, 5) is 2.20. The molecule has 3 nitrogen and oxygen atoms in total. The quantitative estimate of drug-likeness (QED) is 0.864. The van der Waals surface area contributed by atoms with E-state index in [0.717, 1.165) is 18.7 Å². The van der Waals surface area contributed by atoms with Crippen LogP contribution in [-0.4, -0.2) is 36.7 Å². The summed E-state index contributed by atoms with van der Waals surface area (Å²) in [6.07, 6.45) is 0.217. The summed E-state index contributed by atoms with van der Waals surface area (Å²) in [5, 5.41) is 0. The first-order valence-electron chi connectivity index (χ1n) is 6.00. The predicted octanol–water partition coefficient (Wildman–Crippen LogP) is 1.37. The number of halogens is 1. The van der Waals surface area contributed by atoms with Crippen LogP contribution in [0.2, 0.25) is 0 Å². The zero-order valence-electron chi connectivity index (χ0n) is 10.1. The fourth-order valence-electron chi connectivity index (χ4n) is 2.27. The van der Waals surface area contributed by atoms with Crippen molar-refractivity contribution in [2.45, 2.75) is 25.7 Å². The van der Waals surface area contributed by atoms with Gasteiger partial charge in [-0.15, -0.1) is 0 Å². The van der Waals surface area contributed by atoms with Crippen LogP contribution in [0.1, 0.15) is 12.5 Å². The lowest BCUT2D eigenvalue weighted by atomic mass is 10.1. The van der Waals surface area contributed by atoms with E-state index in [9.17, 15) is 4.39 Å². The molecule has 0 saturated carbocycles. The van der Waals surface area contributed by atoms with Crippen LogP contribution in [-0.2, 0) is 11.3 Å². The molecule has 0 radical (unpaired) electrons. The Kier molecular flexibility index (Phi) is 4.10. The molecule has 1 saturated heterocycles. The highest BCUT2D eigenvalue weighted by atomic mass is 19.1. The first kappa shape index (κ1) is 12.5. The maximum absolute atomic E-state index is 13.5. The number of hydrogen-bond donors (Lipinski definition) is 1. The van der Waals surface area contributed by atoms with Crippen LogP contribution >= 0.6 is 0 Å². The van der Waals surface area contributed by atoms with Crippen molar-refractivity contribution >= 4 is 0 Å². The molecule has 17 heavy (non-hydrogen) atoms. The third-order valence-electron chi connectivity index (χ3n) is 3.02. The maximum Gasteiger partial charge on any atom is 0.127 e. The molecule has 1 aliphatic rings. The molecule has 0 aliphatic carbocycles. The second-order valence-electron chi connectivity index (χ2n) is 4.59. The van der Waals surface area contributed by atoms with Crippen molar-refractivity contribution in [3.63, 3.8) is 0 Å². The van der Waals surface area contributed by atoms with E-state index in [1.54, 1.807) is 6.07 Å². The average Bonchev–Trinajstić information content (AvgIpc) is 2.31. The third-order valence-corrected chi connectivity index (χ3v) is 3.02. The average molecular weight is 238 g/mol. The topological polar surface area (TPSA) is 38.5 Å². The van der Waals surface area contributed by atoms with Gasteiger partial charge in [0.25, 0.3) is 0 Å². The van der Waals surface area contributed by atoms with Gasteiger partial charge in [-0.3, -0.25) is 4.90 Å². The van der Waals surface area contributed by atoms with Crippen LogP contribution in [0.5, 0.6) is 0 Å². The van der Waals surface area contributed by atoms with Crippen molar-refractivity contribution in [2.75, 3.05) is 19.6 Å². The largest absolute Gasteiger partial charge is 0.371 e. The molecule has 2 N–H and O–H groups in total. The Balaban J connectivity index is 2.01. The van der Waals surface area contributed by atoms with E-state index in [0.29, 0.717) is 13.1 Å². The standard InChI is InChI=1S/C13H19FN2O/c1-10-7-16(9-12(6-15)17-10)8-11-4-2-3-5-13(11)14/h2-5,10,12H,6-9,15H2,1H3. The normalized spacial score (nSPS) is 26.1. The Morgan fingerprint density at radius 3 is 2.88 bits per heavy atom. The van der Waals surface area contributed by atoms with Crippen molar-refractivity contribution in [3.8, 4) is 0 Å². The molecule has 1 heterocycles. The van der Waals surface area contributed by atoms with Gasteiger partial charge in [0.2, 0.25) is 0 Å².